The standard InChI is InChI=1S/C61H37NO/c1-2-19-44-42(18-1)43-20-3-4-24-49(43)59-50(44)27-14-31-56(59)62(39-17-13-16-38(36-39)41-26-15-33-58-60(41)51-25-8-12-32-57(51)63-58)40-34-35-48-47-23-7-11-30-54(47)61(55(48)37-40)52-28-9-5-21-45(52)46-22-6-10-29-53(46)61/h1-37H. The van der Waals surface area contributed by atoms with Crippen LogP contribution in [0.2, 0.25) is 0 Å². The quantitative estimate of drug-likeness (QED) is 0.165. The van der Waals surface area contributed by atoms with Gasteiger partial charge in [0.25, 0.3) is 0 Å². The molecule has 0 radical (unpaired) electrons. The SMILES string of the molecule is c1cc(-c2cccc3oc4ccccc4c23)cc(N(c2ccc3c(c2)C2(c4ccccc4-c4ccccc42)c2ccccc2-3)c2cccc3c4ccccc4c4ccccc4c23)c1. The number of anilines is 3. The van der Waals surface area contributed by atoms with Crippen molar-refractivity contribution in [3.8, 4) is 33.4 Å². The zero-order valence-electron chi connectivity index (χ0n) is 34.2. The first kappa shape index (κ1) is 34.5. The van der Waals surface area contributed by atoms with Crippen molar-refractivity contribution in [2.75, 3.05) is 4.90 Å². The minimum atomic E-state index is -0.470. The molecule has 0 atom stereocenters. The highest BCUT2D eigenvalue weighted by molar-refractivity contribution is 6.29. The molecule has 0 unspecified atom stereocenters. The summed E-state index contributed by atoms with van der Waals surface area (Å²) in [6.45, 7) is 0. The topological polar surface area (TPSA) is 16.4 Å². The molecule has 292 valence electrons. The maximum absolute atomic E-state index is 6.41. The Morgan fingerprint density at radius 3 is 1.46 bits per heavy atom. The van der Waals surface area contributed by atoms with Gasteiger partial charge in [0.15, 0.2) is 0 Å². The molecule has 2 aliphatic rings. The Hall–Kier alpha value is -8.20. The summed E-state index contributed by atoms with van der Waals surface area (Å²) in [7, 11) is 0. The summed E-state index contributed by atoms with van der Waals surface area (Å²) in [6.07, 6.45) is 0. The summed E-state index contributed by atoms with van der Waals surface area (Å²) < 4.78 is 6.41. The third-order valence-electron chi connectivity index (χ3n) is 14.0. The van der Waals surface area contributed by atoms with Gasteiger partial charge in [-0.05, 0) is 125 Å². The molecule has 2 aliphatic carbocycles. The van der Waals surface area contributed by atoms with Crippen LogP contribution in [0.4, 0.5) is 17.1 Å². The van der Waals surface area contributed by atoms with Gasteiger partial charge in [0.1, 0.15) is 11.2 Å². The average Bonchev–Trinajstić information content (AvgIpc) is 3.98. The van der Waals surface area contributed by atoms with Crippen LogP contribution in [0.5, 0.6) is 0 Å². The molecule has 2 heteroatoms. The summed E-state index contributed by atoms with van der Waals surface area (Å²) in [4.78, 5) is 2.52. The minimum absolute atomic E-state index is 0.470. The molecule has 12 aromatic rings. The molecule has 0 aliphatic heterocycles. The van der Waals surface area contributed by atoms with Gasteiger partial charge in [0, 0.05) is 27.5 Å². The third-order valence-corrected chi connectivity index (χ3v) is 14.0. The van der Waals surface area contributed by atoms with Gasteiger partial charge in [-0.25, -0.2) is 0 Å². The number of hydrogen-bond donors (Lipinski definition) is 0. The van der Waals surface area contributed by atoms with Gasteiger partial charge in [-0.2, -0.15) is 0 Å². The van der Waals surface area contributed by atoms with Gasteiger partial charge in [0.2, 0.25) is 0 Å². The fraction of sp³-hybridized carbons (Fsp3) is 0.0164. The Kier molecular flexibility index (Phi) is 7.07. The number of hydrogen-bond acceptors (Lipinski definition) is 2. The first-order valence-electron chi connectivity index (χ1n) is 21.8. The summed E-state index contributed by atoms with van der Waals surface area (Å²) in [6, 6.07) is 83.0. The lowest BCUT2D eigenvalue weighted by molar-refractivity contribution is 0.669. The molecule has 1 heterocycles. The average molecular weight is 800 g/mol. The van der Waals surface area contributed by atoms with E-state index in [2.05, 4.69) is 223 Å². The Balaban J connectivity index is 1.08. The van der Waals surface area contributed by atoms with Gasteiger partial charge in [-0.3, -0.25) is 0 Å². The summed E-state index contributed by atoms with van der Waals surface area (Å²) in [5, 5.41) is 9.74. The molecule has 1 aromatic heterocycles. The molecule has 14 rings (SSSR count). The number of benzene rings is 11. The van der Waals surface area contributed by atoms with Gasteiger partial charge in [-0.15, -0.1) is 0 Å². The monoisotopic (exact) mass is 799 g/mol. The normalized spacial score (nSPS) is 13.2. The van der Waals surface area contributed by atoms with Crippen LogP contribution in [-0.4, -0.2) is 0 Å². The molecule has 1 spiro atoms. The maximum atomic E-state index is 6.41. The van der Waals surface area contributed by atoms with Crippen molar-refractivity contribution >= 4 is 71.3 Å². The summed E-state index contributed by atoms with van der Waals surface area (Å²) in [5.41, 5.74) is 17.4. The smallest absolute Gasteiger partial charge is 0.136 e. The van der Waals surface area contributed by atoms with Crippen molar-refractivity contribution in [1.29, 1.82) is 0 Å². The molecule has 2 nitrogen and oxygen atoms in total. The van der Waals surface area contributed by atoms with Crippen LogP contribution >= 0.6 is 0 Å². The second-order valence-electron chi connectivity index (χ2n) is 17.1. The molecule has 63 heavy (non-hydrogen) atoms. The summed E-state index contributed by atoms with van der Waals surface area (Å²) >= 11 is 0. The first-order chi connectivity index (χ1) is 31.3. The van der Waals surface area contributed by atoms with E-state index in [0.717, 1.165) is 50.1 Å². The molecule has 0 saturated heterocycles. The van der Waals surface area contributed by atoms with Crippen LogP contribution in [0.3, 0.4) is 0 Å². The number of para-hydroxylation sites is 1. The molecular formula is C61H37NO. The lowest BCUT2D eigenvalue weighted by Crippen LogP contribution is -2.26. The lowest BCUT2D eigenvalue weighted by atomic mass is 9.70. The molecule has 0 saturated carbocycles. The maximum Gasteiger partial charge on any atom is 0.136 e. The van der Waals surface area contributed by atoms with E-state index in [1.807, 2.05) is 6.07 Å². The highest BCUT2D eigenvalue weighted by Crippen LogP contribution is 2.63. The molecule has 0 fully saturated rings. The van der Waals surface area contributed by atoms with Crippen LogP contribution < -0.4 is 4.90 Å². The largest absolute Gasteiger partial charge is 0.456 e. The van der Waals surface area contributed by atoms with E-state index in [0.29, 0.717) is 0 Å². The Morgan fingerprint density at radius 2 is 0.778 bits per heavy atom. The number of nitrogens with zero attached hydrogens (tertiary/aromatic N) is 1. The highest BCUT2D eigenvalue weighted by Gasteiger charge is 2.51. The Bertz CT molecular complexity index is 3780. The van der Waals surface area contributed by atoms with Crippen LogP contribution in [0, 0.1) is 0 Å². The van der Waals surface area contributed by atoms with Crippen LogP contribution in [0.15, 0.2) is 229 Å². The Morgan fingerprint density at radius 1 is 0.302 bits per heavy atom. The molecule has 0 bridgehead atoms. The number of rotatable bonds is 4. The van der Waals surface area contributed by atoms with Crippen molar-refractivity contribution in [1.82, 2.24) is 0 Å². The lowest BCUT2D eigenvalue weighted by Gasteiger charge is -2.32. The van der Waals surface area contributed by atoms with Crippen LogP contribution in [0.25, 0.3) is 87.6 Å². The van der Waals surface area contributed by atoms with Crippen molar-refractivity contribution in [3.63, 3.8) is 0 Å². The van der Waals surface area contributed by atoms with E-state index in [-0.39, 0.29) is 0 Å². The predicted molar refractivity (Wildman–Crippen MR) is 263 cm³/mol. The number of fused-ring (bicyclic) bond motifs is 19. The van der Waals surface area contributed by atoms with Gasteiger partial charge < -0.3 is 9.32 Å². The fourth-order valence-electron chi connectivity index (χ4n) is 11.6. The van der Waals surface area contributed by atoms with Crippen molar-refractivity contribution < 1.29 is 4.42 Å². The second-order valence-corrected chi connectivity index (χ2v) is 17.1. The van der Waals surface area contributed by atoms with Crippen LogP contribution in [0.1, 0.15) is 22.3 Å². The molecule has 11 aromatic carbocycles. The molecule has 0 amide bonds. The van der Waals surface area contributed by atoms with Crippen molar-refractivity contribution in [2.24, 2.45) is 0 Å². The predicted octanol–water partition coefficient (Wildman–Crippen LogP) is 16.5. The first-order valence-corrected chi connectivity index (χ1v) is 21.8. The van der Waals surface area contributed by atoms with E-state index in [1.54, 1.807) is 0 Å². The zero-order chi connectivity index (χ0) is 41.2. The fourth-order valence-corrected chi connectivity index (χ4v) is 11.6. The van der Waals surface area contributed by atoms with E-state index in [1.165, 1.54) is 76.8 Å². The Labute approximate surface area is 364 Å². The van der Waals surface area contributed by atoms with Gasteiger partial charge in [0.05, 0.1) is 11.1 Å². The van der Waals surface area contributed by atoms with Gasteiger partial charge >= 0.3 is 0 Å². The van der Waals surface area contributed by atoms with Crippen molar-refractivity contribution in [3.05, 3.63) is 247 Å². The highest BCUT2D eigenvalue weighted by atomic mass is 16.3. The number of furan rings is 1. The van der Waals surface area contributed by atoms with E-state index >= 15 is 0 Å². The zero-order valence-corrected chi connectivity index (χ0v) is 34.2. The third kappa shape index (κ3) is 4.62. The van der Waals surface area contributed by atoms with Crippen molar-refractivity contribution in [2.45, 2.75) is 5.41 Å². The van der Waals surface area contributed by atoms with E-state index < -0.39 is 5.41 Å². The van der Waals surface area contributed by atoms with E-state index in [9.17, 15) is 0 Å². The van der Waals surface area contributed by atoms with Gasteiger partial charge in [-0.1, -0.05) is 182 Å². The van der Waals surface area contributed by atoms with Crippen LogP contribution in [-0.2, 0) is 5.41 Å². The van der Waals surface area contributed by atoms with E-state index in [4.69, 9.17) is 4.42 Å². The molecule has 0 N–H and O–H groups in total. The summed E-state index contributed by atoms with van der Waals surface area (Å²) in [5.74, 6) is 0. The molecular weight excluding hydrogens is 763 g/mol. The minimum Gasteiger partial charge on any atom is -0.456 e. The second kappa shape index (κ2) is 12.9.